The van der Waals surface area contributed by atoms with Gasteiger partial charge < -0.3 is 26.3 Å². The van der Waals surface area contributed by atoms with Gasteiger partial charge in [0, 0.05) is 24.6 Å². The van der Waals surface area contributed by atoms with Gasteiger partial charge in [0.1, 0.15) is 22.8 Å². The molecule has 0 unspecified atom stereocenters. The first kappa shape index (κ1) is 27.6. The summed E-state index contributed by atoms with van der Waals surface area (Å²) >= 11 is 2.02. The number of aromatic nitrogens is 1. The second-order valence-corrected chi connectivity index (χ2v) is 10.4. The van der Waals surface area contributed by atoms with Crippen LogP contribution in [0.1, 0.15) is 25.5 Å². The standard InChI is InChI=1S/C21H21F3N6O6S2/c1-8(31)36-29-13(12-7-38-20(25)27-12)16(32)28-14-17(33)30-15(19(34)35)11(6-37-18(14)30)10(4-21(22,23)24)9-2-3-26-5-9/h7,14,18,26H,2-6H2,1H3,(H2,25,27)(H,28,32)(H,34,35)/t14-,18-/m1/s1. The van der Waals surface area contributed by atoms with Gasteiger partial charge in [-0.25, -0.2) is 14.6 Å². The normalized spacial score (nSPS) is 23.1. The molecule has 2 fully saturated rings. The Morgan fingerprint density at radius 1 is 1.39 bits per heavy atom. The number of nitrogens with zero attached hydrogens (tertiary/aromatic N) is 3. The highest BCUT2D eigenvalue weighted by atomic mass is 32.2. The fourth-order valence-electron chi connectivity index (χ4n) is 4.24. The van der Waals surface area contributed by atoms with Crippen LogP contribution >= 0.6 is 23.1 Å². The van der Waals surface area contributed by atoms with Crippen LogP contribution in [0.3, 0.4) is 0 Å². The number of anilines is 1. The summed E-state index contributed by atoms with van der Waals surface area (Å²) in [6.07, 6.45) is -5.58. The molecule has 4 rings (SSSR count). The van der Waals surface area contributed by atoms with E-state index in [0.29, 0.717) is 18.5 Å². The van der Waals surface area contributed by atoms with Crippen LogP contribution in [0.25, 0.3) is 0 Å². The monoisotopic (exact) mass is 574 g/mol. The van der Waals surface area contributed by atoms with Crippen molar-refractivity contribution in [2.75, 3.05) is 24.6 Å². The lowest BCUT2D eigenvalue weighted by Gasteiger charge is -2.49. The number of aliphatic carboxylic acids is 1. The highest BCUT2D eigenvalue weighted by Gasteiger charge is 2.55. The molecule has 0 bridgehead atoms. The van der Waals surface area contributed by atoms with E-state index in [1.807, 2.05) is 0 Å². The van der Waals surface area contributed by atoms with Gasteiger partial charge in [-0.1, -0.05) is 10.7 Å². The van der Waals surface area contributed by atoms with Gasteiger partial charge in [-0.15, -0.1) is 23.1 Å². The molecule has 0 spiro atoms. The topological polar surface area (TPSA) is 176 Å². The number of rotatable bonds is 7. The number of hydrogen-bond acceptors (Lipinski definition) is 11. The number of nitrogens with one attached hydrogen (secondary N) is 2. The summed E-state index contributed by atoms with van der Waals surface area (Å²) in [6.45, 7) is 1.71. The predicted octanol–water partition coefficient (Wildman–Crippen LogP) is 0.973. The Labute approximate surface area is 221 Å². The van der Waals surface area contributed by atoms with E-state index in [4.69, 9.17) is 5.73 Å². The second kappa shape index (κ2) is 10.7. The Hall–Kier alpha value is -3.44. The number of allylic oxidation sites excluding steroid dienone is 1. The molecule has 0 saturated carbocycles. The minimum Gasteiger partial charge on any atom is -0.477 e. The second-order valence-electron chi connectivity index (χ2n) is 8.39. The molecule has 5 N–H and O–H groups in total. The number of carbonyl (C=O) groups excluding carboxylic acids is 3. The molecule has 1 aromatic heterocycles. The molecule has 204 valence electrons. The fraction of sp³-hybridized carbons (Fsp3) is 0.429. The average Bonchev–Trinajstić information content (AvgIpc) is 3.51. The van der Waals surface area contributed by atoms with Gasteiger partial charge in [0.05, 0.1) is 6.42 Å². The molecule has 3 aliphatic rings. The quantitative estimate of drug-likeness (QED) is 0.159. The number of alkyl halides is 3. The van der Waals surface area contributed by atoms with Crippen LogP contribution in [0.2, 0.25) is 0 Å². The van der Waals surface area contributed by atoms with Crippen molar-refractivity contribution in [3.05, 3.63) is 33.5 Å². The number of hydrogen-bond donors (Lipinski definition) is 4. The molecule has 1 aromatic rings. The average molecular weight is 575 g/mol. The molecule has 38 heavy (non-hydrogen) atoms. The number of oxime groups is 1. The number of thioether (sulfide) groups is 1. The van der Waals surface area contributed by atoms with E-state index in [1.54, 1.807) is 0 Å². The summed E-state index contributed by atoms with van der Waals surface area (Å²) in [5.74, 6) is -4.26. The van der Waals surface area contributed by atoms with Crippen molar-refractivity contribution in [2.24, 2.45) is 5.16 Å². The van der Waals surface area contributed by atoms with E-state index in [2.05, 4.69) is 25.6 Å². The number of carbonyl (C=O) groups is 4. The molecule has 2 atom stereocenters. The highest BCUT2D eigenvalue weighted by molar-refractivity contribution is 8.00. The first-order valence-corrected chi connectivity index (χ1v) is 13.0. The molecule has 3 aliphatic heterocycles. The molecule has 0 aromatic carbocycles. The predicted molar refractivity (Wildman–Crippen MR) is 130 cm³/mol. The molecule has 12 nitrogen and oxygen atoms in total. The number of carboxylic acids is 1. The van der Waals surface area contributed by atoms with E-state index < -0.39 is 59.2 Å². The third-order valence-electron chi connectivity index (χ3n) is 5.81. The summed E-state index contributed by atoms with van der Waals surface area (Å²) in [5, 5.41) is 19.4. The summed E-state index contributed by atoms with van der Waals surface area (Å²) in [7, 11) is 0. The van der Waals surface area contributed by atoms with Gasteiger partial charge in [0.2, 0.25) is 0 Å². The van der Waals surface area contributed by atoms with Crippen molar-refractivity contribution in [1.82, 2.24) is 20.5 Å². The van der Waals surface area contributed by atoms with Gasteiger partial charge >= 0.3 is 18.1 Å². The molecule has 0 radical (unpaired) electrons. The van der Waals surface area contributed by atoms with Crippen molar-refractivity contribution in [3.8, 4) is 0 Å². The van der Waals surface area contributed by atoms with Crippen LogP contribution < -0.4 is 16.4 Å². The van der Waals surface area contributed by atoms with Crippen LogP contribution in [0.15, 0.2) is 33.0 Å². The molecular weight excluding hydrogens is 553 g/mol. The number of fused-ring (bicyclic) bond motifs is 1. The number of thiazole rings is 1. The Balaban J connectivity index is 1.62. The van der Waals surface area contributed by atoms with Crippen molar-refractivity contribution in [1.29, 1.82) is 0 Å². The third kappa shape index (κ3) is 5.68. The Kier molecular flexibility index (Phi) is 7.80. The number of β-lactam (4-membered cyclic amide) rings is 1. The van der Waals surface area contributed by atoms with Crippen LogP contribution in [-0.2, 0) is 24.0 Å². The summed E-state index contributed by atoms with van der Waals surface area (Å²) in [6, 6.07) is -1.21. The summed E-state index contributed by atoms with van der Waals surface area (Å²) in [4.78, 5) is 58.8. The van der Waals surface area contributed by atoms with Crippen LogP contribution in [-0.4, -0.2) is 80.9 Å². The van der Waals surface area contributed by atoms with Crippen molar-refractivity contribution in [3.63, 3.8) is 0 Å². The van der Waals surface area contributed by atoms with Crippen molar-refractivity contribution in [2.45, 2.75) is 37.4 Å². The first-order chi connectivity index (χ1) is 17.9. The van der Waals surface area contributed by atoms with Crippen molar-refractivity contribution < 1.29 is 42.3 Å². The molecule has 2 saturated heterocycles. The van der Waals surface area contributed by atoms with Gasteiger partial charge in [0.25, 0.3) is 11.8 Å². The lowest BCUT2D eigenvalue weighted by atomic mass is 9.92. The van der Waals surface area contributed by atoms with Gasteiger partial charge in [-0.05, 0) is 24.1 Å². The SMILES string of the molecule is CC(=O)ON=C(C(=O)N[C@@H]1C(=O)N2C(C(=O)O)=C(C(CC(F)(F)F)=C3CCNC3)CS[C@H]12)c1csc(N)n1. The smallest absolute Gasteiger partial charge is 0.393 e. The Morgan fingerprint density at radius 2 is 2.13 bits per heavy atom. The molecule has 0 aliphatic carbocycles. The van der Waals surface area contributed by atoms with E-state index in [1.165, 1.54) is 5.38 Å². The minimum absolute atomic E-state index is 0.0202. The third-order valence-corrected chi connectivity index (χ3v) is 7.77. The van der Waals surface area contributed by atoms with Crippen LogP contribution in [0, 0.1) is 0 Å². The zero-order chi connectivity index (χ0) is 27.8. The van der Waals surface area contributed by atoms with E-state index in [9.17, 15) is 37.5 Å². The molecule has 4 heterocycles. The lowest BCUT2D eigenvalue weighted by Crippen LogP contribution is -2.71. The molecular formula is C21H21F3N6O6S2. The summed E-state index contributed by atoms with van der Waals surface area (Å²) in [5.41, 5.74) is 4.84. The highest BCUT2D eigenvalue weighted by Crippen LogP contribution is 2.45. The Morgan fingerprint density at radius 3 is 2.68 bits per heavy atom. The number of amides is 2. The van der Waals surface area contributed by atoms with E-state index >= 15 is 0 Å². The van der Waals surface area contributed by atoms with E-state index in [-0.39, 0.29) is 34.3 Å². The summed E-state index contributed by atoms with van der Waals surface area (Å²) < 4.78 is 40.3. The van der Waals surface area contributed by atoms with Gasteiger partial charge in [0.15, 0.2) is 10.8 Å². The Bertz CT molecular complexity index is 1280. The number of nitrogen functional groups attached to an aromatic ring is 1. The lowest BCUT2D eigenvalue weighted by molar-refractivity contribution is -0.150. The minimum atomic E-state index is -4.59. The first-order valence-electron chi connectivity index (χ1n) is 11.0. The largest absolute Gasteiger partial charge is 0.477 e. The number of carboxylic acid groups (broad SMARTS) is 1. The molecule has 2 amide bonds. The van der Waals surface area contributed by atoms with Crippen LogP contribution in [0.4, 0.5) is 18.3 Å². The zero-order valence-electron chi connectivity index (χ0n) is 19.6. The maximum absolute atomic E-state index is 13.4. The van der Waals surface area contributed by atoms with Crippen molar-refractivity contribution >= 4 is 57.7 Å². The molecule has 17 heteroatoms. The number of halogens is 3. The van der Waals surface area contributed by atoms with Gasteiger partial charge in [-0.3, -0.25) is 14.5 Å². The van der Waals surface area contributed by atoms with E-state index in [0.717, 1.165) is 34.9 Å². The van der Waals surface area contributed by atoms with Gasteiger partial charge in [-0.2, -0.15) is 13.2 Å². The number of nitrogens with two attached hydrogens (primary N) is 1. The van der Waals surface area contributed by atoms with Crippen LogP contribution in [0.5, 0.6) is 0 Å². The fourth-order valence-corrected chi connectivity index (χ4v) is 6.17. The maximum atomic E-state index is 13.4. The maximum Gasteiger partial charge on any atom is 0.393 e. The zero-order valence-corrected chi connectivity index (χ0v) is 21.3.